The Labute approximate surface area is 171 Å². The minimum Gasteiger partial charge on any atom is -0.497 e. The topological polar surface area (TPSA) is 80.5 Å². The van der Waals surface area contributed by atoms with Gasteiger partial charge in [-0.05, 0) is 74.7 Å². The largest absolute Gasteiger partial charge is 0.497 e. The van der Waals surface area contributed by atoms with Crippen LogP contribution in [0.2, 0.25) is 0 Å². The molecule has 0 saturated heterocycles. The number of carboxylic acids is 1. The van der Waals surface area contributed by atoms with E-state index in [1.165, 1.54) is 0 Å². The Bertz CT molecular complexity index is 812. The van der Waals surface area contributed by atoms with Crippen LogP contribution in [0.25, 0.3) is 0 Å². The molecule has 2 rings (SSSR count). The maximum atomic E-state index is 10.7. The van der Waals surface area contributed by atoms with Crippen molar-refractivity contribution < 1.29 is 19.4 Å². The fourth-order valence-corrected chi connectivity index (χ4v) is 2.57. The summed E-state index contributed by atoms with van der Waals surface area (Å²) in [5.74, 6) is 0.760. The van der Waals surface area contributed by atoms with Crippen LogP contribution in [0.5, 0.6) is 11.5 Å². The number of hydrogen-bond donors (Lipinski definition) is 1. The molecular weight excluding hydrogens is 368 g/mol. The first-order valence-corrected chi connectivity index (χ1v) is 9.77. The average molecular weight is 396 g/mol. The Hall–Kier alpha value is -3.15. The van der Waals surface area contributed by atoms with E-state index in [1.54, 1.807) is 20.1 Å². The first kappa shape index (κ1) is 22.1. The summed E-state index contributed by atoms with van der Waals surface area (Å²) in [5, 5.41) is 17.2. The van der Waals surface area contributed by atoms with Crippen LogP contribution in [0.3, 0.4) is 0 Å². The average Bonchev–Trinajstić information content (AvgIpc) is 2.75. The van der Waals surface area contributed by atoms with Crippen molar-refractivity contribution >= 4 is 17.3 Å². The zero-order valence-electron chi connectivity index (χ0n) is 17.0. The minimum absolute atomic E-state index is 0.417. The third-order valence-corrected chi connectivity index (χ3v) is 4.35. The van der Waals surface area contributed by atoms with Gasteiger partial charge in [-0.15, -0.1) is 0 Å². The van der Waals surface area contributed by atoms with Gasteiger partial charge in [0.2, 0.25) is 0 Å². The number of azo groups is 1. The molecule has 0 unspecified atom stereocenters. The summed E-state index contributed by atoms with van der Waals surface area (Å²) in [5.41, 5.74) is 1.94. The first-order chi connectivity index (χ1) is 14.1. The van der Waals surface area contributed by atoms with Crippen molar-refractivity contribution in [2.24, 2.45) is 10.2 Å². The van der Waals surface area contributed by atoms with Gasteiger partial charge in [-0.1, -0.05) is 18.9 Å². The second kappa shape index (κ2) is 12.3. The number of rotatable bonds is 12. The van der Waals surface area contributed by atoms with Gasteiger partial charge in [0.05, 0.1) is 25.1 Å². The summed E-state index contributed by atoms with van der Waals surface area (Å²) in [6.07, 6.45) is 6.70. The number of hydrogen-bond acceptors (Lipinski definition) is 5. The summed E-state index contributed by atoms with van der Waals surface area (Å²) in [4.78, 5) is 10.7. The monoisotopic (exact) mass is 396 g/mol. The van der Waals surface area contributed by atoms with E-state index in [0.717, 1.165) is 55.0 Å². The maximum Gasteiger partial charge on any atom is 0.330 e. The van der Waals surface area contributed by atoms with Crippen molar-refractivity contribution in [3.63, 3.8) is 0 Å². The highest BCUT2D eigenvalue weighted by molar-refractivity contribution is 5.85. The molecular formula is C23H28N2O4. The molecule has 6 nitrogen and oxygen atoms in total. The SMILES string of the molecule is COc1ccc(N=Nc2ccc(OCCCCCCC=C(C)C(=O)O)cc2)cc1. The molecule has 2 aromatic rings. The van der Waals surface area contributed by atoms with Crippen LogP contribution in [0.15, 0.2) is 70.4 Å². The van der Waals surface area contributed by atoms with Crippen molar-refractivity contribution in [2.45, 2.75) is 39.0 Å². The van der Waals surface area contributed by atoms with E-state index in [4.69, 9.17) is 14.6 Å². The Morgan fingerprint density at radius 1 is 0.897 bits per heavy atom. The lowest BCUT2D eigenvalue weighted by Gasteiger charge is -2.06. The zero-order valence-corrected chi connectivity index (χ0v) is 17.0. The maximum absolute atomic E-state index is 10.7. The number of carboxylic acid groups (broad SMARTS) is 1. The number of nitrogens with zero attached hydrogens (tertiary/aromatic N) is 2. The summed E-state index contributed by atoms with van der Waals surface area (Å²) in [6, 6.07) is 14.9. The molecule has 0 aromatic heterocycles. The molecule has 0 saturated carbocycles. The van der Waals surface area contributed by atoms with Gasteiger partial charge in [0, 0.05) is 5.57 Å². The number of carbonyl (C=O) groups is 1. The molecule has 0 bridgehead atoms. The molecule has 0 spiro atoms. The quantitative estimate of drug-likeness (QED) is 0.253. The molecule has 0 aliphatic heterocycles. The molecule has 6 heteroatoms. The third kappa shape index (κ3) is 8.60. The van der Waals surface area contributed by atoms with E-state index in [-0.39, 0.29) is 0 Å². The van der Waals surface area contributed by atoms with Crippen LogP contribution in [0.4, 0.5) is 11.4 Å². The van der Waals surface area contributed by atoms with E-state index in [9.17, 15) is 4.79 Å². The molecule has 154 valence electrons. The molecule has 1 N–H and O–H groups in total. The fourth-order valence-electron chi connectivity index (χ4n) is 2.57. The van der Waals surface area contributed by atoms with Crippen molar-refractivity contribution in [1.82, 2.24) is 0 Å². The molecule has 2 aromatic carbocycles. The zero-order chi connectivity index (χ0) is 20.9. The van der Waals surface area contributed by atoms with Crippen molar-refractivity contribution in [2.75, 3.05) is 13.7 Å². The highest BCUT2D eigenvalue weighted by Crippen LogP contribution is 2.23. The van der Waals surface area contributed by atoms with Gasteiger partial charge in [-0.2, -0.15) is 10.2 Å². The molecule has 29 heavy (non-hydrogen) atoms. The molecule has 0 radical (unpaired) electrons. The van der Waals surface area contributed by atoms with Crippen LogP contribution >= 0.6 is 0 Å². The molecule has 0 atom stereocenters. The highest BCUT2D eigenvalue weighted by atomic mass is 16.5. The molecule has 0 amide bonds. The summed E-state index contributed by atoms with van der Waals surface area (Å²) < 4.78 is 10.9. The Balaban J connectivity index is 1.64. The lowest BCUT2D eigenvalue weighted by molar-refractivity contribution is -0.132. The predicted molar refractivity (Wildman–Crippen MR) is 114 cm³/mol. The van der Waals surface area contributed by atoms with Crippen LogP contribution in [-0.4, -0.2) is 24.8 Å². The summed E-state index contributed by atoms with van der Waals surface area (Å²) >= 11 is 0. The third-order valence-electron chi connectivity index (χ3n) is 4.35. The van der Waals surface area contributed by atoms with Crippen LogP contribution in [-0.2, 0) is 4.79 Å². The Morgan fingerprint density at radius 2 is 1.45 bits per heavy atom. The minimum atomic E-state index is -0.841. The molecule has 0 fully saturated rings. The van der Waals surface area contributed by atoms with Gasteiger partial charge in [0.1, 0.15) is 11.5 Å². The van der Waals surface area contributed by atoms with E-state index >= 15 is 0 Å². The Kier molecular flexibility index (Phi) is 9.42. The van der Waals surface area contributed by atoms with Gasteiger partial charge >= 0.3 is 5.97 Å². The number of ether oxygens (including phenoxy) is 2. The van der Waals surface area contributed by atoms with E-state index in [0.29, 0.717) is 12.2 Å². The molecule has 0 heterocycles. The van der Waals surface area contributed by atoms with E-state index in [1.807, 2.05) is 48.5 Å². The number of benzene rings is 2. The number of allylic oxidation sites excluding steroid dienone is 1. The lowest BCUT2D eigenvalue weighted by Crippen LogP contribution is -1.97. The van der Waals surface area contributed by atoms with Gasteiger partial charge in [0.25, 0.3) is 0 Å². The lowest BCUT2D eigenvalue weighted by atomic mass is 10.1. The molecule has 0 aliphatic carbocycles. The first-order valence-electron chi connectivity index (χ1n) is 9.77. The van der Waals surface area contributed by atoms with E-state index < -0.39 is 5.97 Å². The van der Waals surface area contributed by atoms with Crippen molar-refractivity contribution in [3.8, 4) is 11.5 Å². The van der Waals surface area contributed by atoms with Gasteiger partial charge in [-0.25, -0.2) is 4.79 Å². The van der Waals surface area contributed by atoms with Gasteiger partial charge in [-0.3, -0.25) is 0 Å². The highest BCUT2D eigenvalue weighted by Gasteiger charge is 1.99. The predicted octanol–water partition coefficient (Wildman–Crippen LogP) is 6.47. The van der Waals surface area contributed by atoms with Crippen LogP contribution < -0.4 is 9.47 Å². The van der Waals surface area contributed by atoms with Gasteiger partial charge in [0.15, 0.2) is 0 Å². The van der Waals surface area contributed by atoms with Crippen LogP contribution in [0.1, 0.15) is 39.0 Å². The smallest absolute Gasteiger partial charge is 0.330 e. The van der Waals surface area contributed by atoms with Crippen molar-refractivity contribution in [1.29, 1.82) is 0 Å². The van der Waals surface area contributed by atoms with E-state index in [2.05, 4.69) is 10.2 Å². The Morgan fingerprint density at radius 3 is 2.00 bits per heavy atom. The van der Waals surface area contributed by atoms with Gasteiger partial charge < -0.3 is 14.6 Å². The number of methoxy groups -OCH3 is 1. The summed E-state index contributed by atoms with van der Waals surface area (Å²) in [7, 11) is 1.63. The number of aliphatic carboxylic acids is 1. The molecule has 0 aliphatic rings. The second-order valence-electron chi connectivity index (χ2n) is 6.64. The normalized spacial score (nSPS) is 11.6. The van der Waals surface area contributed by atoms with Crippen LogP contribution in [0, 0.1) is 0 Å². The van der Waals surface area contributed by atoms with Crippen molar-refractivity contribution in [3.05, 3.63) is 60.2 Å². The second-order valence-corrected chi connectivity index (χ2v) is 6.64. The standard InChI is InChI=1S/C23H28N2O4/c1-18(23(26)27)8-6-4-3-5-7-17-29-22-15-11-20(12-16-22)25-24-19-9-13-21(28-2)14-10-19/h8-16H,3-7,17H2,1-2H3,(H,26,27). The summed E-state index contributed by atoms with van der Waals surface area (Å²) in [6.45, 7) is 2.29. The number of unbranched alkanes of at least 4 members (excludes halogenated alkanes) is 4. The fraction of sp³-hybridized carbons (Fsp3) is 0.348.